The van der Waals surface area contributed by atoms with Crippen LogP contribution in [-0.2, 0) is 0 Å². The molecule has 0 aliphatic heterocycles. The molecule has 1 aromatic carbocycles. The number of aromatic nitrogens is 1. The topological polar surface area (TPSA) is 43.4 Å². The highest BCUT2D eigenvalue weighted by atomic mass is 16.5. The third kappa shape index (κ3) is 2.65. The van der Waals surface area contributed by atoms with E-state index in [0.717, 1.165) is 23.1 Å². The van der Waals surface area contributed by atoms with E-state index in [0.29, 0.717) is 12.5 Å². The van der Waals surface area contributed by atoms with Crippen molar-refractivity contribution in [1.29, 1.82) is 0 Å². The Kier molecular flexibility index (Phi) is 3.77. The third-order valence-corrected chi connectivity index (χ3v) is 2.53. The predicted octanol–water partition coefficient (Wildman–Crippen LogP) is 1.84. The van der Waals surface area contributed by atoms with Crippen molar-refractivity contribution in [3.63, 3.8) is 0 Å². The zero-order valence-electron chi connectivity index (χ0n) is 10.1. The number of nitrogens with one attached hydrogen (secondary N) is 1. The standard InChI is InChI=1S/C13H16N2O2/c1-14-7-8-17-13-12-9-11(16-2)4-3-10(12)5-6-15-13/h3-6,9,14H,7-8H2,1-2H3. The molecule has 0 saturated heterocycles. The average molecular weight is 232 g/mol. The summed E-state index contributed by atoms with van der Waals surface area (Å²) in [7, 11) is 3.54. The summed E-state index contributed by atoms with van der Waals surface area (Å²) in [5.74, 6) is 1.46. The Morgan fingerprint density at radius 2 is 2.18 bits per heavy atom. The zero-order valence-corrected chi connectivity index (χ0v) is 10.1. The minimum atomic E-state index is 0.597. The maximum absolute atomic E-state index is 5.63. The number of fused-ring (bicyclic) bond motifs is 1. The van der Waals surface area contributed by atoms with Gasteiger partial charge in [-0.25, -0.2) is 4.98 Å². The summed E-state index contributed by atoms with van der Waals surface area (Å²) in [6, 6.07) is 7.83. The monoisotopic (exact) mass is 232 g/mol. The molecule has 4 heteroatoms. The van der Waals surface area contributed by atoms with Crippen LogP contribution in [0.2, 0.25) is 0 Å². The van der Waals surface area contributed by atoms with Crippen molar-refractivity contribution >= 4 is 10.8 Å². The van der Waals surface area contributed by atoms with Gasteiger partial charge in [0.25, 0.3) is 0 Å². The first-order chi connectivity index (χ1) is 8.35. The second kappa shape index (κ2) is 5.50. The van der Waals surface area contributed by atoms with E-state index in [1.807, 2.05) is 31.3 Å². The molecule has 17 heavy (non-hydrogen) atoms. The van der Waals surface area contributed by atoms with Crippen LogP contribution in [0.25, 0.3) is 10.8 Å². The molecule has 0 saturated carbocycles. The second-order valence-corrected chi connectivity index (χ2v) is 3.66. The van der Waals surface area contributed by atoms with Crippen LogP contribution in [0, 0.1) is 0 Å². The minimum absolute atomic E-state index is 0.597. The van der Waals surface area contributed by atoms with Crippen LogP contribution < -0.4 is 14.8 Å². The zero-order chi connectivity index (χ0) is 12.1. The van der Waals surface area contributed by atoms with E-state index in [4.69, 9.17) is 9.47 Å². The normalized spacial score (nSPS) is 10.5. The highest BCUT2D eigenvalue weighted by Gasteiger charge is 2.04. The van der Waals surface area contributed by atoms with E-state index in [1.165, 1.54) is 0 Å². The molecule has 1 N–H and O–H groups in total. The Morgan fingerprint density at radius 1 is 1.29 bits per heavy atom. The Labute approximate surface area is 101 Å². The van der Waals surface area contributed by atoms with E-state index in [9.17, 15) is 0 Å². The lowest BCUT2D eigenvalue weighted by atomic mass is 10.1. The molecular formula is C13H16N2O2. The van der Waals surface area contributed by atoms with Crippen molar-refractivity contribution in [1.82, 2.24) is 10.3 Å². The summed E-state index contributed by atoms with van der Waals surface area (Å²) >= 11 is 0. The van der Waals surface area contributed by atoms with Gasteiger partial charge in [0, 0.05) is 18.1 Å². The number of nitrogens with zero attached hydrogens (tertiary/aromatic N) is 1. The van der Waals surface area contributed by atoms with Gasteiger partial charge in [0.15, 0.2) is 0 Å². The highest BCUT2D eigenvalue weighted by molar-refractivity contribution is 5.87. The molecule has 0 aliphatic carbocycles. The van der Waals surface area contributed by atoms with Gasteiger partial charge >= 0.3 is 0 Å². The molecule has 1 heterocycles. The minimum Gasteiger partial charge on any atom is -0.497 e. The smallest absolute Gasteiger partial charge is 0.221 e. The fourth-order valence-electron chi connectivity index (χ4n) is 1.61. The molecule has 0 radical (unpaired) electrons. The summed E-state index contributed by atoms with van der Waals surface area (Å²) in [6.45, 7) is 1.39. The highest BCUT2D eigenvalue weighted by Crippen LogP contribution is 2.26. The lowest BCUT2D eigenvalue weighted by Crippen LogP contribution is -2.16. The first-order valence-corrected chi connectivity index (χ1v) is 5.55. The largest absolute Gasteiger partial charge is 0.497 e. The van der Waals surface area contributed by atoms with Crippen molar-refractivity contribution < 1.29 is 9.47 Å². The molecule has 0 fully saturated rings. The summed E-state index contributed by atoms with van der Waals surface area (Å²) in [5.41, 5.74) is 0. The number of hydrogen-bond donors (Lipinski definition) is 1. The maximum atomic E-state index is 5.63. The van der Waals surface area contributed by atoms with Gasteiger partial charge in [0.2, 0.25) is 5.88 Å². The molecule has 1 aromatic heterocycles. The average Bonchev–Trinajstić information content (AvgIpc) is 2.39. The van der Waals surface area contributed by atoms with Crippen LogP contribution >= 0.6 is 0 Å². The summed E-state index contributed by atoms with van der Waals surface area (Å²) in [6.07, 6.45) is 1.75. The van der Waals surface area contributed by atoms with Gasteiger partial charge in [-0.1, -0.05) is 6.07 Å². The van der Waals surface area contributed by atoms with Crippen molar-refractivity contribution in [3.8, 4) is 11.6 Å². The number of likely N-dealkylation sites (N-methyl/N-ethyl adjacent to an activating group) is 1. The van der Waals surface area contributed by atoms with Crippen LogP contribution in [0.15, 0.2) is 30.5 Å². The quantitative estimate of drug-likeness (QED) is 0.799. The van der Waals surface area contributed by atoms with Gasteiger partial charge in [-0.15, -0.1) is 0 Å². The molecule has 0 unspecified atom stereocenters. The van der Waals surface area contributed by atoms with Crippen molar-refractivity contribution in [3.05, 3.63) is 30.5 Å². The number of methoxy groups -OCH3 is 1. The molecule has 0 bridgehead atoms. The van der Waals surface area contributed by atoms with Crippen LogP contribution in [-0.4, -0.2) is 32.3 Å². The van der Waals surface area contributed by atoms with Crippen molar-refractivity contribution in [2.45, 2.75) is 0 Å². The van der Waals surface area contributed by atoms with E-state index in [1.54, 1.807) is 13.3 Å². The third-order valence-electron chi connectivity index (χ3n) is 2.53. The molecule has 2 aromatic rings. The van der Waals surface area contributed by atoms with Gasteiger partial charge in [0.05, 0.1) is 7.11 Å². The molecule has 0 atom stereocenters. The van der Waals surface area contributed by atoms with Crippen LogP contribution in [0.1, 0.15) is 0 Å². The lowest BCUT2D eigenvalue weighted by Gasteiger charge is -2.08. The molecule has 0 spiro atoms. The molecular weight excluding hydrogens is 216 g/mol. The number of rotatable bonds is 5. The Balaban J connectivity index is 2.33. The van der Waals surface area contributed by atoms with Crippen LogP contribution in [0.4, 0.5) is 0 Å². The van der Waals surface area contributed by atoms with Gasteiger partial charge in [0.1, 0.15) is 12.4 Å². The second-order valence-electron chi connectivity index (χ2n) is 3.66. The Bertz CT molecular complexity index is 500. The van der Waals surface area contributed by atoms with Crippen molar-refractivity contribution in [2.75, 3.05) is 27.3 Å². The van der Waals surface area contributed by atoms with E-state index in [-0.39, 0.29) is 0 Å². The van der Waals surface area contributed by atoms with E-state index in [2.05, 4.69) is 10.3 Å². The molecule has 4 nitrogen and oxygen atoms in total. The molecule has 2 rings (SSSR count). The molecule has 90 valence electrons. The van der Waals surface area contributed by atoms with Gasteiger partial charge < -0.3 is 14.8 Å². The first kappa shape index (κ1) is 11.7. The van der Waals surface area contributed by atoms with Gasteiger partial charge in [-0.3, -0.25) is 0 Å². The summed E-state index contributed by atoms with van der Waals surface area (Å²) < 4.78 is 10.8. The fraction of sp³-hybridized carbons (Fsp3) is 0.308. The lowest BCUT2D eigenvalue weighted by molar-refractivity contribution is 0.310. The molecule has 0 aliphatic rings. The van der Waals surface area contributed by atoms with E-state index >= 15 is 0 Å². The van der Waals surface area contributed by atoms with Crippen LogP contribution in [0.5, 0.6) is 11.6 Å². The summed E-state index contributed by atoms with van der Waals surface area (Å²) in [5, 5.41) is 5.10. The molecule has 0 amide bonds. The number of ether oxygens (including phenoxy) is 2. The number of benzene rings is 1. The predicted molar refractivity (Wildman–Crippen MR) is 67.7 cm³/mol. The van der Waals surface area contributed by atoms with Crippen LogP contribution in [0.3, 0.4) is 0 Å². The first-order valence-electron chi connectivity index (χ1n) is 5.55. The Hall–Kier alpha value is -1.81. The number of pyridine rings is 1. The van der Waals surface area contributed by atoms with Gasteiger partial charge in [-0.05, 0) is 30.6 Å². The Morgan fingerprint density at radius 3 is 2.94 bits per heavy atom. The van der Waals surface area contributed by atoms with Gasteiger partial charge in [-0.2, -0.15) is 0 Å². The van der Waals surface area contributed by atoms with Crippen molar-refractivity contribution in [2.24, 2.45) is 0 Å². The van der Waals surface area contributed by atoms with E-state index < -0.39 is 0 Å². The SMILES string of the molecule is CNCCOc1nccc2ccc(OC)cc12. The fourth-order valence-corrected chi connectivity index (χ4v) is 1.61. The summed E-state index contributed by atoms with van der Waals surface area (Å²) in [4.78, 5) is 4.25. The number of hydrogen-bond acceptors (Lipinski definition) is 4. The maximum Gasteiger partial charge on any atom is 0.221 e.